The second-order valence-electron chi connectivity index (χ2n) is 7.11. The van der Waals surface area contributed by atoms with E-state index in [1.165, 1.54) is 5.56 Å². The second-order valence-corrected chi connectivity index (χ2v) is 7.11. The Morgan fingerprint density at radius 1 is 1.10 bits per heavy atom. The van der Waals surface area contributed by atoms with Gasteiger partial charge in [0.1, 0.15) is 5.75 Å². The molecule has 0 bridgehead atoms. The molecule has 2 aromatic carbocycles. The maximum atomic E-state index is 9.01. The summed E-state index contributed by atoms with van der Waals surface area (Å²) >= 11 is 0. The number of anilines is 2. The molecule has 30 heavy (non-hydrogen) atoms. The van der Waals surface area contributed by atoms with Crippen LogP contribution in [0.4, 0.5) is 11.6 Å². The largest absolute Gasteiger partial charge is 0.438 e. The van der Waals surface area contributed by atoms with Gasteiger partial charge in [0.15, 0.2) is 0 Å². The summed E-state index contributed by atoms with van der Waals surface area (Å²) in [7, 11) is 0. The first-order chi connectivity index (χ1) is 14.6. The molecule has 6 nitrogen and oxygen atoms in total. The number of hydrogen-bond donors (Lipinski definition) is 1. The number of nitriles is 2. The van der Waals surface area contributed by atoms with E-state index in [9.17, 15) is 0 Å². The standard InChI is InChI=1S/C24H19N5O/c1-15-13-21-18(9-11-25)5-8-20(21)16(2)23(15)30-22-10-12-27-24(29-22)28-19-6-3-17(14-26)4-7-19/h3-4,6-7,9-10,12-13H,5,8H2,1-2H3,(H,27,28,29)/b18-9+. The Morgan fingerprint density at radius 2 is 1.90 bits per heavy atom. The number of fused-ring (bicyclic) bond motifs is 1. The summed E-state index contributed by atoms with van der Waals surface area (Å²) in [6, 6.07) is 15.1. The van der Waals surface area contributed by atoms with E-state index in [-0.39, 0.29) is 0 Å². The highest BCUT2D eigenvalue weighted by molar-refractivity contribution is 5.77. The predicted octanol–water partition coefficient (Wildman–Crippen LogP) is 5.35. The molecular weight excluding hydrogens is 374 g/mol. The number of benzene rings is 2. The van der Waals surface area contributed by atoms with Crippen molar-refractivity contribution in [2.75, 3.05) is 5.32 Å². The Morgan fingerprint density at radius 3 is 2.63 bits per heavy atom. The van der Waals surface area contributed by atoms with Crippen LogP contribution in [0.2, 0.25) is 0 Å². The van der Waals surface area contributed by atoms with Crippen molar-refractivity contribution in [3.63, 3.8) is 0 Å². The summed E-state index contributed by atoms with van der Waals surface area (Å²) in [5, 5.41) is 21.0. The fourth-order valence-corrected chi connectivity index (χ4v) is 3.71. The van der Waals surface area contributed by atoms with Crippen LogP contribution in [0.1, 0.15) is 34.2 Å². The van der Waals surface area contributed by atoms with Gasteiger partial charge in [-0.15, -0.1) is 0 Å². The molecule has 3 aromatic rings. The predicted molar refractivity (Wildman–Crippen MR) is 114 cm³/mol. The van der Waals surface area contributed by atoms with Crippen molar-refractivity contribution < 1.29 is 4.74 Å². The van der Waals surface area contributed by atoms with Crippen LogP contribution in [0, 0.1) is 36.5 Å². The van der Waals surface area contributed by atoms with Crippen molar-refractivity contribution in [2.45, 2.75) is 26.7 Å². The van der Waals surface area contributed by atoms with Gasteiger partial charge in [0.05, 0.1) is 17.7 Å². The number of aryl methyl sites for hydroxylation is 1. The highest BCUT2D eigenvalue weighted by atomic mass is 16.5. The molecule has 0 spiro atoms. The molecular formula is C24H19N5O. The molecule has 0 radical (unpaired) electrons. The molecule has 146 valence electrons. The minimum absolute atomic E-state index is 0.410. The number of allylic oxidation sites excluding steroid dienone is 2. The van der Waals surface area contributed by atoms with Gasteiger partial charge in [0.25, 0.3) is 0 Å². The molecule has 0 aliphatic heterocycles. The average Bonchev–Trinajstić information content (AvgIpc) is 3.15. The quantitative estimate of drug-likeness (QED) is 0.600. The molecule has 4 rings (SSSR count). The van der Waals surface area contributed by atoms with Gasteiger partial charge >= 0.3 is 0 Å². The van der Waals surface area contributed by atoms with E-state index >= 15 is 0 Å². The van der Waals surface area contributed by atoms with E-state index in [0.717, 1.165) is 46.5 Å². The summed E-state index contributed by atoms with van der Waals surface area (Å²) in [6.45, 7) is 4.05. The van der Waals surface area contributed by atoms with Gasteiger partial charge in [-0.3, -0.25) is 0 Å². The van der Waals surface area contributed by atoms with Crippen LogP contribution < -0.4 is 10.1 Å². The lowest BCUT2D eigenvalue weighted by atomic mass is 9.98. The van der Waals surface area contributed by atoms with Gasteiger partial charge in [-0.05, 0) is 84.8 Å². The van der Waals surface area contributed by atoms with E-state index in [1.807, 2.05) is 13.8 Å². The van der Waals surface area contributed by atoms with Gasteiger partial charge in [-0.2, -0.15) is 15.5 Å². The number of hydrogen-bond acceptors (Lipinski definition) is 6. The Labute approximate surface area is 175 Å². The van der Waals surface area contributed by atoms with E-state index in [1.54, 1.807) is 42.6 Å². The fraction of sp³-hybridized carbons (Fsp3) is 0.167. The SMILES string of the molecule is Cc1cc2c(c(C)c1Oc1ccnc(Nc3ccc(C#N)cc3)n1)CC/C2=C\C#N. The van der Waals surface area contributed by atoms with Crippen molar-refractivity contribution in [1.82, 2.24) is 9.97 Å². The number of nitrogens with one attached hydrogen (secondary N) is 1. The van der Waals surface area contributed by atoms with Crippen LogP contribution in [0.3, 0.4) is 0 Å². The number of aromatic nitrogens is 2. The Kier molecular flexibility index (Phi) is 5.15. The monoisotopic (exact) mass is 393 g/mol. The molecule has 0 atom stereocenters. The number of nitrogens with zero attached hydrogens (tertiary/aromatic N) is 4. The molecule has 0 amide bonds. The highest BCUT2D eigenvalue weighted by Gasteiger charge is 2.22. The Bertz CT molecular complexity index is 1230. The zero-order valence-electron chi connectivity index (χ0n) is 16.7. The molecule has 6 heteroatoms. The van der Waals surface area contributed by atoms with E-state index in [0.29, 0.717) is 17.4 Å². The van der Waals surface area contributed by atoms with Gasteiger partial charge in [0.2, 0.25) is 11.8 Å². The highest BCUT2D eigenvalue weighted by Crippen LogP contribution is 2.41. The maximum absolute atomic E-state index is 9.01. The number of ether oxygens (including phenoxy) is 1. The molecule has 1 aliphatic rings. The van der Waals surface area contributed by atoms with Crippen molar-refractivity contribution >= 4 is 17.2 Å². The average molecular weight is 393 g/mol. The summed E-state index contributed by atoms with van der Waals surface area (Å²) in [6.07, 6.45) is 5.05. The molecule has 1 aliphatic carbocycles. The van der Waals surface area contributed by atoms with Crippen LogP contribution in [-0.4, -0.2) is 9.97 Å². The van der Waals surface area contributed by atoms with Gasteiger partial charge in [0, 0.05) is 24.0 Å². The van der Waals surface area contributed by atoms with Crippen LogP contribution >= 0.6 is 0 Å². The lowest BCUT2D eigenvalue weighted by Crippen LogP contribution is -2.01. The summed E-state index contributed by atoms with van der Waals surface area (Å²) in [5.74, 6) is 1.64. The third kappa shape index (κ3) is 3.72. The summed E-state index contributed by atoms with van der Waals surface area (Å²) in [4.78, 5) is 8.71. The molecule has 1 heterocycles. The molecule has 0 fully saturated rings. The van der Waals surface area contributed by atoms with Crippen molar-refractivity contribution in [2.24, 2.45) is 0 Å². The normalized spacial score (nSPS) is 13.4. The van der Waals surface area contributed by atoms with Crippen LogP contribution in [0.15, 0.2) is 48.7 Å². The van der Waals surface area contributed by atoms with Gasteiger partial charge in [-0.1, -0.05) is 0 Å². The smallest absolute Gasteiger partial charge is 0.230 e. The molecule has 0 saturated heterocycles. The van der Waals surface area contributed by atoms with E-state index < -0.39 is 0 Å². The first-order valence-corrected chi connectivity index (χ1v) is 9.59. The lowest BCUT2D eigenvalue weighted by Gasteiger charge is -2.15. The van der Waals surface area contributed by atoms with Crippen LogP contribution in [-0.2, 0) is 6.42 Å². The van der Waals surface area contributed by atoms with Gasteiger partial charge in [-0.25, -0.2) is 4.98 Å². The van der Waals surface area contributed by atoms with Gasteiger partial charge < -0.3 is 10.1 Å². The summed E-state index contributed by atoms with van der Waals surface area (Å²) < 4.78 is 6.16. The second kappa shape index (κ2) is 8.06. The van der Waals surface area contributed by atoms with Crippen LogP contribution in [0.25, 0.3) is 5.57 Å². The third-order valence-corrected chi connectivity index (χ3v) is 5.17. The zero-order chi connectivity index (χ0) is 21.1. The Balaban J connectivity index is 1.60. The lowest BCUT2D eigenvalue weighted by molar-refractivity contribution is 0.455. The first kappa shape index (κ1) is 19.2. The van der Waals surface area contributed by atoms with Crippen molar-refractivity contribution in [3.05, 3.63) is 76.5 Å². The van der Waals surface area contributed by atoms with Crippen LogP contribution in [0.5, 0.6) is 11.6 Å². The minimum Gasteiger partial charge on any atom is -0.438 e. The van der Waals surface area contributed by atoms with E-state index in [4.69, 9.17) is 15.3 Å². The van der Waals surface area contributed by atoms with E-state index in [2.05, 4.69) is 33.5 Å². The maximum Gasteiger partial charge on any atom is 0.230 e. The van der Waals surface area contributed by atoms with Crippen molar-refractivity contribution in [3.8, 4) is 23.8 Å². The molecule has 0 unspecified atom stereocenters. The Hall–Kier alpha value is -4.16. The third-order valence-electron chi connectivity index (χ3n) is 5.17. The fourth-order valence-electron chi connectivity index (χ4n) is 3.71. The first-order valence-electron chi connectivity index (χ1n) is 9.59. The zero-order valence-corrected chi connectivity index (χ0v) is 16.7. The molecule has 1 aromatic heterocycles. The van der Waals surface area contributed by atoms with Crippen molar-refractivity contribution in [1.29, 1.82) is 10.5 Å². The molecule has 1 N–H and O–H groups in total. The number of rotatable bonds is 4. The minimum atomic E-state index is 0.410. The topological polar surface area (TPSA) is 94.6 Å². The summed E-state index contributed by atoms with van der Waals surface area (Å²) in [5.41, 5.74) is 6.90. The molecule has 0 saturated carbocycles.